The normalized spacial score (nSPS) is 17.3. The Kier molecular flexibility index (Phi) is 4.77. The molecule has 0 bridgehead atoms. The van der Waals surface area contributed by atoms with Gasteiger partial charge in [0.1, 0.15) is 0 Å². The van der Waals surface area contributed by atoms with Crippen molar-refractivity contribution in [2.24, 2.45) is 0 Å². The minimum atomic E-state index is -3.49. The van der Waals surface area contributed by atoms with Gasteiger partial charge in [0.25, 0.3) is 0 Å². The maximum Gasteiger partial charge on any atom is 0.243 e. The molecule has 0 unspecified atom stereocenters. The van der Waals surface area contributed by atoms with Crippen LogP contribution >= 0.6 is 11.6 Å². The van der Waals surface area contributed by atoms with Gasteiger partial charge in [-0.2, -0.15) is 4.31 Å². The zero-order chi connectivity index (χ0) is 14.9. The van der Waals surface area contributed by atoms with E-state index in [2.05, 4.69) is 0 Å². The van der Waals surface area contributed by atoms with Crippen molar-refractivity contribution in [3.05, 3.63) is 28.8 Å². The van der Waals surface area contributed by atoms with E-state index in [4.69, 9.17) is 11.6 Å². The maximum atomic E-state index is 13.0. The number of benzene rings is 1. The second kappa shape index (κ2) is 6.04. The molecule has 2 rings (SSSR count). The van der Waals surface area contributed by atoms with Crippen LogP contribution in [-0.2, 0) is 10.0 Å². The first-order chi connectivity index (χ1) is 9.34. The van der Waals surface area contributed by atoms with E-state index >= 15 is 0 Å². The van der Waals surface area contributed by atoms with Crippen molar-refractivity contribution < 1.29 is 8.42 Å². The van der Waals surface area contributed by atoms with Crippen LogP contribution in [0.3, 0.4) is 0 Å². The Morgan fingerprint density at radius 2 is 1.85 bits per heavy atom. The molecule has 1 fully saturated rings. The second-order valence-corrected chi connectivity index (χ2v) is 8.02. The highest BCUT2D eigenvalue weighted by molar-refractivity contribution is 7.89. The number of halogens is 1. The van der Waals surface area contributed by atoms with Crippen LogP contribution in [0.2, 0.25) is 5.02 Å². The fourth-order valence-electron chi connectivity index (χ4n) is 3.02. The van der Waals surface area contributed by atoms with Gasteiger partial charge in [-0.25, -0.2) is 8.42 Å². The summed E-state index contributed by atoms with van der Waals surface area (Å²) in [6.45, 7) is 5.70. The number of hydrogen-bond acceptors (Lipinski definition) is 2. The highest BCUT2D eigenvalue weighted by atomic mass is 35.5. The lowest BCUT2D eigenvalue weighted by atomic mass is 10.2. The summed E-state index contributed by atoms with van der Waals surface area (Å²) in [6, 6.07) is 5.14. The number of nitrogens with zero attached hydrogens (tertiary/aromatic N) is 1. The first kappa shape index (κ1) is 15.8. The third-order valence-electron chi connectivity index (χ3n) is 3.90. The average molecular weight is 316 g/mol. The van der Waals surface area contributed by atoms with E-state index in [1.807, 2.05) is 20.8 Å². The van der Waals surface area contributed by atoms with Crippen LogP contribution in [0, 0.1) is 6.92 Å². The highest BCUT2D eigenvalue weighted by Crippen LogP contribution is 2.32. The average Bonchev–Trinajstić information content (AvgIpc) is 2.84. The SMILES string of the molecule is Cc1ccc(Cl)cc1S(=O)(=O)N(C(C)C)C1CCCC1. The molecule has 0 heterocycles. The zero-order valence-electron chi connectivity index (χ0n) is 12.3. The zero-order valence-corrected chi connectivity index (χ0v) is 13.8. The lowest BCUT2D eigenvalue weighted by Gasteiger charge is -2.32. The molecule has 0 saturated heterocycles. The molecular formula is C15H22ClNO2S. The standard InChI is InChI=1S/C15H22ClNO2S/c1-11(2)17(14-6-4-5-7-14)20(18,19)15-10-13(16)9-8-12(15)3/h8-11,14H,4-7H2,1-3H3. The monoisotopic (exact) mass is 315 g/mol. The number of aryl methyl sites for hydroxylation is 1. The van der Waals surface area contributed by atoms with Crippen molar-refractivity contribution in [1.29, 1.82) is 0 Å². The summed E-state index contributed by atoms with van der Waals surface area (Å²) < 4.78 is 27.7. The molecule has 0 aromatic heterocycles. The topological polar surface area (TPSA) is 37.4 Å². The molecule has 0 spiro atoms. The van der Waals surface area contributed by atoms with Gasteiger partial charge in [0, 0.05) is 17.1 Å². The summed E-state index contributed by atoms with van der Waals surface area (Å²) in [5.74, 6) is 0. The van der Waals surface area contributed by atoms with E-state index in [0.29, 0.717) is 9.92 Å². The van der Waals surface area contributed by atoms with Crippen molar-refractivity contribution in [3.63, 3.8) is 0 Å². The van der Waals surface area contributed by atoms with Crippen LogP contribution in [0.5, 0.6) is 0 Å². The Labute approximate surface area is 127 Å². The molecule has 1 saturated carbocycles. The van der Waals surface area contributed by atoms with Crippen LogP contribution in [0.25, 0.3) is 0 Å². The van der Waals surface area contributed by atoms with Crippen molar-refractivity contribution in [2.45, 2.75) is 63.4 Å². The molecule has 0 aliphatic heterocycles. The molecular weight excluding hydrogens is 294 g/mol. The Hall–Kier alpha value is -0.580. The third-order valence-corrected chi connectivity index (χ3v) is 6.40. The first-order valence-corrected chi connectivity index (χ1v) is 8.95. The van der Waals surface area contributed by atoms with E-state index in [9.17, 15) is 8.42 Å². The lowest BCUT2D eigenvalue weighted by molar-refractivity contribution is 0.275. The van der Waals surface area contributed by atoms with Crippen molar-refractivity contribution >= 4 is 21.6 Å². The summed E-state index contributed by atoms with van der Waals surface area (Å²) in [4.78, 5) is 0.339. The molecule has 5 heteroatoms. The summed E-state index contributed by atoms with van der Waals surface area (Å²) in [5, 5.41) is 0.462. The predicted octanol–water partition coefficient (Wildman–Crippen LogP) is 3.99. The van der Waals surface area contributed by atoms with Gasteiger partial charge in [0.15, 0.2) is 0 Å². The van der Waals surface area contributed by atoms with Gasteiger partial charge >= 0.3 is 0 Å². The molecule has 0 radical (unpaired) electrons. The van der Waals surface area contributed by atoms with Gasteiger partial charge in [-0.3, -0.25) is 0 Å². The van der Waals surface area contributed by atoms with Gasteiger partial charge in [-0.05, 0) is 51.3 Å². The lowest BCUT2D eigenvalue weighted by Crippen LogP contribution is -2.43. The fraction of sp³-hybridized carbons (Fsp3) is 0.600. The Balaban J connectivity index is 2.47. The molecule has 112 valence electrons. The van der Waals surface area contributed by atoms with Crippen LogP contribution in [0.4, 0.5) is 0 Å². The summed E-state index contributed by atoms with van der Waals surface area (Å²) >= 11 is 5.98. The van der Waals surface area contributed by atoms with Gasteiger partial charge in [0.2, 0.25) is 10.0 Å². The van der Waals surface area contributed by atoms with E-state index < -0.39 is 10.0 Å². The van der Waals surface area contributed by atoms with Gasteiger partial charge in [-0.15, -0.1) is 0 Å². The summed E-state index contributed by atoms with van der Waals surface area (Å²) in [7, 11) is -3.49. The Bertz CT molecular complexity index is 578. The minimum absolute atomic E-state index is 0.0403. The Morgan fingerprint density at radius 1 is 1.25 bits per heavy atom. The van der Waals surface area contributed by atoms with Crippen molar-refractivity contribution in [1.82, 2.24) is 4.31 Å². The van der Waals surface area contributed by atoms with Crippen molar-refractivity contribution in [2.75, 3.05) is 0 Å². The van der Waals surface area contributed by atoms with E-state index in [-0.39, 0.29) is 12.1 Å². The molecule has 0 N–H and O–H groups in total. The smallest absolute Gasteiger partial charge is 0.207 e. The van der Waals surface area contributed by atoms with Crippen LogP contribution in [0.15, 0.2) is 23.1 Å². The van der Waals surface area contributed by atoms with Crippen LogP contribution < -0.4 is 0 Å². The van der Waals surface area contributed by atoms with Crippen LogP contribution in [0.1, 0.15) is 45.1 Å². The molecule has 1 aromatic rings. The predicted molar refractivity (Wildman–Crippen MR) is 82.6 cm³/mol. The van der Waals surface area contributed by atoms with Gasteiger partial charge < -0.3 is 0 Å². The van der Waals surface area contributed by atoms with Crippen molar-refractivity contribution in [3.8, 4) is 0 Å². The summed E-state index contributed by atoms with van der Waals surface area (Å²) in [5.41, 5.74) is 0.748. The fourth-order valence-corrected chi connectivity index (χ4v) is 5.39. The van der Waals surface area contributed by atoms with E-state index in [1.165, 1.54) is 0 Å². The maximum absolute atomic E-state index is 13.0. The largest absolute Gasteiger partial charge is 0.243 e. The molecule has 3 nitrogen and oxygen atoms in total. The molecule has 20 heavy (non-hydrogen) atoms. The molecule has 1 aromatic carbocycles. The number of sulfonamides is 1. The summed E-state index contributed by atoms with van der Waals surface area (Å²) in [6.07, 6.45) is 4.13. The molecule has 0 atom stereocenters. The molecule has 1 aliphatic rings. The minimum Gasteiger partial charge on any atom is -0.207 e. The third kappa shape index (κ3) is 3.02. The van der Waals surface area contributed by atoms with Crippen LogP contribution in [-0.4, -0.2) is 24.8 Å². The molecule has 1 aliphatic carbocycles. The Morgan fingerprint density at radius 3 is 2.40 bits per heavy atom. The first-order valence-electron chi connectivity index (χ1n) is 7.13. The number of hydrogen-bond donors (Lipinski definition) is 0. The second-order valence-electron chi connectivity index (χ2n) is 5.78. The van der Waals surface area contributed by atoms with Gasteiger partial charge in [-0.1, -0.05) is 30.5 Å². The molecule has 0 amide bonds. The van der Waals surface area contributed by atoms with E-state index in [0.717, 1.165) is 31.2 Å². The number of rotatable bonds is 4. The van der Waals surface area contributed by atoms with E-state index in [1.54, 1.807) is 22.5 Å². The highest BCUT2D eigenvalue weighted by Gasteiger charge is 2.35. The van der Waals surface area contributed by atoms with Gasteiger partial charge in [0.05, 0.1) is 4.90 Å². The quantitative estimate of drug-likeness (QED) is 0.842.